The highest BCUT2D eigenvalue weighted by Gasteiger charge is 2.09. The van der Waals surface area contributed by atoms with E-state index in [4.69, 9.17) is 5.73 Å². The lowest BCUT2D eigenvalue weighted by molar-refractivity contribution is 0.102. The van der Waals surface area contributed by atoms with Crippen LogP contribution < -0.4 is 11.1 Å². The molecule has 1 amide bonds. The Hall–Kier alpha value is -2.49. The average Bonchev–Trinajstić information content (AvgIpc) is 2.37. The summed E-state index contributed by atoms with van der Waals surface area (Å²) in [6.45, 7) is 3.65. The summed E-state index contributed by atoms with van der Waals surface area (Å²) in [5, 5.41) is 12.3. The molecule has 98 valence electrons. The predicted octanol–water partition coefficient (Wildman–Crippen LogP) is 2.84. The summed E-state index contributed by atoms with van der Waals surface area (Å²) in [5.41, 5.74) is 9.10. The lowest BCUT2D eigenvalue weighted by Crippen LogP contribution is -2.13. The summed E-state index contributed by atoms with van der Waals surface area (Å²) in [6.07, 6.45) is 0. The fourth-order valence-corrected chi connectivity index (χ4v) is 1.77. The van der Waals surface area contributed by atoms with Gasteiger partial charge in [-0.1, -0.05) is 6.07 Å². The second-order valence-corrected chi connectivity index (χ2v) is 4.53. The van der Waals surface area contributed by atoms with Crippen LogP contribution in [0.25, 0.3) is 0 Å². The Labute approximate surface area is 111 Å². The molecule has 19 heavy (non-hydrogen) atoms. The van der Waals surface area contributed by atoms with E-state index in [9.17, 15) is 9.90 Å². The van der Waals surface area contributed by atoms with Crippen molar-refractivity contribution in [2.45, 2.75) is 13.8 Å². The number of aryl methyl sites for hydroxylation is 2. The number of hydrogen-bond acceptors (Lipinski definition) is 3. The molecule has 0 saturated heterocycles. The summed E-state index contributed by atoms with van der Waals surface area (Å²) in [4.78, 5) is 12.1. The van der Waals surface area contributed by atoms with Gasteiger partial charge in [-0.25, -0.2) is 0 Å². The van der Waals surface area contributed by atoms with E-state index in [2.05, 4.69) is 5.32 Å². The molecule has 4 nitrogen and oxygen atoms in total. The zero-order chi connectivity index (χ0) is 14.0. The summed E-state index contributed by atoms with van der Waals surface area (Å²) in [7, 11) is 0. The number of phenols is 1. The zero-order valence-corrected chi connectivity index (χ0v) is 10.9. The van der Waals surface area contributed by atoms with Crippen molar-refractivity contribution in [3.05, 3.63) is 53.1 Å². The number of benzene rings is 2. The fraction of sp³-hybridized carbons (Fsp3) is 0.133. The smallest absolute Gasteiger partial charge is 0.255 e. The Morgan fingerprint density at radius 1 is 1.11 bits per heavy atom. The van der Waals surface area contributed by atoms with Crippen LogP contribution in [0.1, 0.15) is 21.5 Å². The molecule has 0 spiro atoms. The first-order valence-corrected chi connectivity index (χ1v) is 5.94. The van der Waals surface area contributed by atoms with E-state index in [0.29, 0.717) is 22.5 Å². The van der Waals surface area contributed by atoms with Crippen molar-refractivity contribution in [3.63, 3.8) is 0 Å². The summed E-state index contributed by atoms with van der Waals surface area (Å²) < 4.78 is 0. The zero-order valence-electron chi connectivity index (χ0n) is 10.9. The minimum absolute atomic E-state index is 0.177. The van der Waals surface area contributed by atoms with Crippen molar-refractivity contribution >= 4 is 17.3 Å². The summed E-state index contributed by atoms with van der Waals surface area (Å²) in [5.74, 6) is -0.0477. The van der Waals surface area contributed by atoms with Crippen LogP contribution >= 0.6 is 0 Å². The van der Waals surface area contributed by atoms with Gasteiger partial charge in [0.2, 0.25) is 0 Å². The normalized spacial score (nSPS) is 10.2. The lowest BCUT2D eigenvalue weighted by Gasteiger charge is -2.10. The van der Waals surface area contributed by atoms with Crippen LogP contribution in [0.5, 0.6) is 5.75 Å². The maximum absolute atomic E-state index is 12.1. The molecular formula is C15H16N2O2. The van der Waals surface area contributed by atoms with Crippen LogP contribution in [0, 0.1) is 13.8 Å². The molecule has 0 heterocycles. The number of amides is 1. The largest absolute Gasteiger partial charge is 0.508 e. The number of rotatable bonds is 2. The first-order chi connectivity index (χ1) is 8.97. The SMILES string of the molecule is Cc1cc(C(=O)Nc2cc(N)ccc2C)ccc1O. The van der Waals surface area contributed by atoms with Crippen molar-refractivity contribution in [2.75, 3.05) is 11.1 Å². The number of carbonyl (C=O) groups excluding carboxylic acids is 1. The number of phenolic OH excluding ortho intramolecular Hbond substituents is 1. The highest BCUT2D eigenvalue weighted by Crippen LogP contribution is 2.21. The predicted molar refractivity (Wildman–Crippen MR) is 76.4 cm³/mol. The molecule has 0 aliphatic carbocycles. The highest BCUT2D eigenvalue weighted by molar-refractivity contribution is 6.05. The minimum Gasteiger partial charge on any atom is -0.508 e. The van der Waals surface area contributed by atoms with Gasteiger partial charge >= 0.3 is 0 Å². The summed E-state index contributed by atoms with van der Waals surface area (Å²) >= 11 is 0. The molecule has 2 rings (SSSR count). The van der Waals surface area contributed by atoms with Gasteiger partial charge in [0.05, 0.1) is 0 Å². The van der Waals surface area contributed by atoms with Gasteiger partial charge in [-0.15, -0.1) is 0 Å². The molecular weight excluding hydrogens is 240 g/mol. The molecule has 0 atom stereocenters. The number of aromatic hydroxyl groups is 1. The monoisotopic (exact) mass is 256 g/mol. The van der Waals surface area contributed by atoms with Gasteiger partial charge in [-0.2, -0.15) is 0 Å². The number of anilines is 2. The highest BCUT2D eigenvalue weighted by atomic mass is 16.3. The average molecular weight is 256 g/mol. The molecule has 0 fully saturated rings. The fourth-order valence-electron chi connectivity index (χ4n) is 1.77. The standard InChI is InChI=1S/C15H16N2O2/c1-9-3-5-12(16)8-13(9)17-15(19)11-4-6-14(18)10(2)7-11/h3-8,18H,16H2,1-2H3,(H,17,19). The van der Waals surface area contributed by atoms with E-state index in [1.54, 1.807) is 31.2 Å². The topological polar surface area (TPSA) is 75.4 Å². The molecule has 0 radical (unpaired) electrons. The van der Waals surface area contributed by atoms with Crippen molar-refractivity contribution in [3.8, 4) is 5.75 Å². The molecule has 0 bridgehead atoms. The van der Waals surface area contributed by atoms with Crippen LogP contribution in [-0.4, -0.2) is 11.0 Å². The Bertz CT molecular complexity index is 636. The van der Waals surface area contributed by atoms with E-state index in [1.807, 2.05) is 13.0 Å². The van der Waals surface area contributed by atoms with Crippen LogP contribution in [0.15, 0.2) is 36.4 Å². The number of nitrogen functional groups attached to an aromatic ring is 1. The Morgan fingerprint density at radius 2 is 1.84 bits per heavy atom. The van der Waals surface area contributed by atoms with Crippen molar-refractivity contribution in [1.82, 2.24) is 0 Å². The molecule has 2 aromatic rings. The number of hydrogen-bond donors (Lipinski definition) is 3. The Kier molecular flexibility index (Phi) is 3.42. The van der Waals surface area contributed by atoms with Gasteiger partial charge in [0.25, 0.3) is 5.91 Å². The molecule has 2 aromatic carbocycles. The summed E-state index contributed by atoms with van der Waals surface area (Å²) in [6, 6.07) is 10.1. The quantitative estimate of drug-likeness (QED) is 0.723. The third-order valence-corrected chi connectivity index (χ3v) is 2.97. The molecule has 0 unspecified atom stereocenters. The van der Waals surface area contributed by atoms with E-state index >= 15 is 0 Å². The molecule has 0 saturated carbocycles. The van der Waals surface area contributed by atoms with Crippen LogP contribution in [0.4, 0.5) is 11.4 Å². The van der Waals surface area contributed by atoms with E-state index < -0.39 is 0 Å². The van der Waals surface area contributed by atoms with Crippen LogP contribution in [0.2, 0.25) is 0 Å². The van der Waals surface area contributed by atoms with Gasteiger partial charge in [0.1, 0.15) is 5.75 Å². The first kappa shape index (κ1) is 13.0. The third kappa shape index (κ3) is 2.85. The second-order valence-electron chi connectivity index (χ2n) is 4.53. The van der Waals surface area contributed by atoms with Crippen LogP contribution in [-0.2, 0) is 0 Å². The first-order valence-electron chi connectivity index (χ1n) is 5.94. The molecule has 4 N–H and O–H groups in total. The van der Waals surface area contributed by atoms with Gasteiger partial charge in [-0.3, -0.25) is 4.79 Å². The van der Waals surface area contributed by atoms with E-state index in [-0.39, 0.29) is 11.7 Å². The van der Waals surface area contributed by atoms with E-state index in [0.717, 1.165) is 5.56 Å². The molecule has 0 aromatic heterocycles. The maximum Gasteiger partial charge on any atom is 0.255 e. The van der Waals surface area contributed by atoms with Gasteiger partial charge in [-0.05, 0) is 55.3 Å². The Morgan fingerprint density at radius 3 is 2.53 bits per heavy atom. The van der Waals surface area contributed by atoms with Gasteiger partial charge in [0, 0.05) is 16.9 Å². The number of carbonyl (C=O) groups is 1. The van der Waals surface area contributed by atoms with E-state index in [1.165, 1.54) is 6.07 Å². The lowest BCUT2D eigenvalue weighted by atomic mass is 10.1. The van der Waals surface area contributed by atoms with Crippen molar-refractivity contribution in [2.24, 2.45) is 0 Å². The maximum atomic E-state index is 12.1. The van der Waals surface area contributed by atoms with Crippen molar-refractivity contribution < 1.29 is 9.90 Å². The number of nitrogens with one attached hydrogen (secondary N) is 1. The third-order valence-electron chi connectivity index (χ3n) is 2.97. The second kappa shape index (κ2) is 5.02. The van der Waals surface area contributed by atoms with Crippen LogP contribution in [0.3, 0.4) is 0 Å². The Balaban J connectivity index is 2.25. The molecule has 0 aliphatic rings. The number of nitrogens with two attached hydrogens (primary N) is 1. The van der Waals surface area contributed by atoms with Gasteiger partial charge in [0.15, 0.2) is 0 Å². The van der Waals surface area contributed by atoms with Crippen molar-refractivity contribution in [1.29, 1.82) is 0 Å². The molecule has 4 heteroatoms. The minimum atomic E-state index is -0.225. The van der Waals surface area contributed by atoms with Gasteiger partial charge < -0.3 is 16.2 Å². The molecule has 0 aliphatic heterocycles.